The van der Waals surface area contributed by atoms with Gasteiger partial charge in [0.2, 0.25) is 0 Å². The van der Waals surface area contributed by atoms with E-state index >= 15 is 0 Å². The van der Waals surface area contributed by atoms with E-state index in [0.717, 1.165) is 36.2 Å². The number of carboxylic acids is 1. The molecular weight excluding hydrogens is 412 g/mol. The molecule has 164 valence electrons. The van der Waals surface area contributed by atoms with Gasteiger partial charge in [-0.25, -0.2) is 9.78 Å². The predicted octanol–water partition coefficient (Wildman–Crippen LogP) is 4.26. The van der Waals surface area contributed by atoms with Crippen molar-refractivity contribution < 1.29 is 19.6 Å². The van der Waals surface area contributed by atoms with Gasteiger partial charge in [0.05, 0.1) is 18.7 Å². The number of aryl methyl sites for hydroxylation is 1. The third kappa shape index (κ3) is 5.18. The Morgan fingerprint density at radius 3 is 2.45 bits per heavy atom. The van der Waals surface area contributed by atoms with Crippen molar-refractivity contribution in [2.45, 2.75) is 51.3 Å². The van der Waals surface area contributed by atoms with Gasteiger partial charge < -0.3 is 14.8 Å². The van der Waals surface area contributed by atoms with E-state index in [1.807, 2.05) is 41.8 Å². The number of hydrogen-bond acceptors (Lipinski definition) is 4. The van der Waals surface area contributed by atoms with Gasteiger partial charge in [-0.2, -0.15) is 0 Å². The Labute approximate surface area is 185 Å². The Hall–Kier alpha value is -2.61. The number of hydrogen-bond donors (Lipinski definition) is 2. The molecule has 0 fully saturated rings. The molecule has 0 saturated heterocycles. The molecule has 2 N–H and O–H groups in total. The van der Waals surface area contributed by atoms with Gasteiger partial charge >= 0.3 is 5.97 Å². The smallest absolute Gasteiger partial charge is 0.336 e. The topological polar surface area (TPSA) is 98.4 Å². The highest BCUT2D eigenvalue weighted by Crippen LogP contribution is 2.26. The molecule has 3 aromatic rings. The van der Waals surface area contributed by atoms with Crippen LogP contribution in [-0.2, 0) is 30.7 Å². The molecule has 2 aromatic carbocycles. The van der Waals surface area contributed by atoms with E-state index in [9.17, 15) is 19.6 Å². The van der Waals surface area contributed by atoms with Crippen LogP contribution >= 0.6 is 0 Å². The van der Waals surface area contributed by atoms with E-state index in [4.69, 9.17) is 0 Å². The first-order valence-electron chi connectivity index (χ1n) is 10.5. The average Bonchev–Trinajstić information content (AvgIpc) is 3.14. The molecule has 0 amide bonds. The minimum atomic E-state index is -1.24. The molecule has 1 aromatic heterocycles. The van der Waals surface area contributed by atoms with Gasteiger partial charge in [0.15, 0.2) is 0 Å². The number of aromatic nitrogens is 2. The van der Waals surface area contributed by atoms with Gasteiger partial charge in [0.25, 0.3) is 5.03 Å². The van der Waals surface area contributed by atoms with Crippen molar-refractivity contribution in [1.82, 2.24) is 9.55 Å². The normalized spacial score (nSPS) is 12.1. The van der Waals surface area contributed by atoms with Crippen molar-refractivity contribution in [3.05, 3.63) is 71.2 Å². The fourth-order valence-corrected chi connectivity index (χ4v) is 4.68. The molecule has 1 atom stereocenters. The zero-order valence-corrected chi connectivity index (χ0v) is 18.7. The van der Waals surface area contributed by atoms with Crippen LogP contribution in [0.15, 0.2) is 53.6 Å². The lowest BCUT2D eigenvalue weighted by Crippen LogP contribution is -2.16. The fraction of sp³-hybridized carbons (Fsp3) is 0.333. The first-order chi connectivity index (χ1) is 15.0. The average molecular weight is 441 g/mol. The van der Waals surface area contributed by atoms with Crippen LogP contribution < -0.4 is 0 Å². The Balaban J connectivity index is 1.95. The molecule has 7 heteroatoms. The molecule has 0 aliphatic heterocycles. The van der Waals surface area contributed by atoms with Crippen LogP contribution in [0.25, 0.3) is 11.1 Å². The van der Waals surface area contributed by atoms with E-state index in [0.29, 0.717) is 28.6 Å². The number of imidazole rings is 1. The molecule has 0 saturated carbocycles. The predicted molar refractivity (Wildman–Crippen MR) is 122 cm³/mol. The summed E-state index contributed by atoms with van der Waals surface area (Å²) in [6, 6.07) is 14.7. The van der Waals surface area contributed by atoms with Crippen molar-refractivity contribution >= 4 is 17.1 Å². The summed E-state index contributed by atoms with van der Waals surface area (Å²) in [7, 11) is 0. The third-order valence-corrected chi connectivity index (χ3v) is 6.62. The SMILES string of the molecule is CCCCc1nc(CO)c([S+]([O-])CC)n1Cc1ccc(-c2ccccc2C(=O)O)cc1. The summed E-state index contributed by atoms with van der Waals surface area (Å²) in [6.45, 7) is 4.22. The van der Waals surface area contributed by atoms with Crippen molar-refractivity contribution in [3.8, 4) is 11.1 Å². The molecule has 0 aliphatic rings. The van der Waals surface area contributed by atoms with Gasteiger partial charge in [-0.1, -0.05) is 55.8 Å². The number of carboxylic acid groups (broad SMARTS) is 1. The van der Waals surface area contributed by atoms with Crippen molar-refractivity contribution in [2.75, 3.05) is 5.75 Å². The second kappa shape index (κ2) is 10.6. The number of nitrogens with zero attached hydrogens (tertiary/aromatic N) is 2. The van der Waals surface area contributed by atoms with Crippen LogP contribution in [0.1, 0.15) is 54.1 Å². The van der Waals surface area contributed by atoms with Gasteiger partial charge in [-0.15, -0.1) is 0 Å². The Kier molecular flexibility index (Phi) is 7.90. The van der Waals surface area contributed by atoms with Crippen LogP contribution in [0.3, 0.4) is 0 Å². The monoisotopic (exact) mass is 440 g/mol. The maximum Gasteiger partial charge on any atom is 0.336 e. The number of aliphatic hydroxyl groups excluding tert-OH is 1. The zero-order valence-electron chi connectivity index (χ0n) is 17.9. The summed E-state index contributed by atoms with van der Waals surface area (Å²) in [5.41, 5.74) is 3.24. The van der Waals surface area contributed by atoms with Crippen molar-refractivity contribution in [3.63, 3.8) is 0 Å². The summed E-state index contributed by atoms with van der Waals surface area (Å²) in [5, 5.41) is 19.8. The maximum absolute atomic E-state index is 12.7. The molecule has 1 heterocycles. The van der Waals surface area contributed by atoms with E-state index in [1.54, 1.807) is 18.2 Å². The number of rotatable bonds is 10. The largest absolute Gasteiger partial charge is 0.610 e. The van der Waals surface area contributed by atoms with Crippen molar-refractivity contribution in [1.29, 1.82) is 0 Å². The lowest BCUT2D eigenvalue weighted by molar-refractivity contribution is 0.0697. The maximum atomic E-state index is 12.7. The molecule has 0 radical (unpaired) electrons. The molecule has 1 unspecified atom stereocenters. The van der Waals surface area contributed by atoms with E-state index in [-0.39, 0.29) is 12.2 Å². The van der Waals surface area contributed by atoms with Crippen LogP contribution in [-0.4, -0.2) is 36.0 Å². The Bertz CT molecular complexity index is 1030. The summed E-state index contributed by atoms with van der Waals surface area (Å²) in [4.78, 5) is 16.1. The zero-order chi connectivity index (χ0) is 22.4. The lowest BCUT2D eigenvalue weighted by Gasteiger charge is -2.15. The van der Waals surface area contributed by atoms with Crippen LogP contribution in [0.4, 0.5) is 0 Å². The van der Waals surface area contributed by atoms with E-state index < -0.39 is 17.1 Å². The van der Waals surface area contributed by atoms with Gasteiger partial charge in [-0.05, 0) is 36.1 Å². The quantitative estimate of drug-likeness (QED) is 0.459. The summed E-state index contributed by atoms with van der Waals surface area (Å²) in [5.74, 6) is 0.335. The number of benzene rings is 2. The van der Waals surface area contributed by atoms with E-state index in [1.165, 1.54) is 0 Å². The first-order valence-corrected chi connectivity index (χ1v) is 11.8. The number of carbonyl (C=O) groups is 1. The van der Waals surface area contributed by atoms with Crippen LogP contribution in [0.2, 0.25) is 0 Å². The Morgan fingerprint density at radius 1 is 1.13 bits per heavy atom. The number of aromatic carboxylic acids is 1. The minimum absolute atomic E-state index is 0.238. The number of aliphatic hydroxyl groups is 1. The molecule has 0 bridgehead atoms. The molecule has 6 nitrogen and oxygen atoms in total. The summed E-state index contributed by atoms with van der Waals surface area (Å²) < 4.78 is 14.7. The minimum Gasteiger partial charge on any atom is -0.610 e. The second-order valence-corrected chi connectivity index (χ2v) is 8.96. The molecule has 31 heavy (non-hydrogen) atoms. The van der Waals surface area contributed by atoms with Gasteiger partial charge in [-0.3, -0.25) is 4.57 Å². The van der Waals surface area contributed by atoms with Crippen LogP contribution in [0, 0.1) is 0 Å². The lowest BCUT2D eigenvalue weighted by atomic mass is 9.99. The molecule has 3 rings (SSSR count). The standard InChI is InChI=1S/C24H28N2O4S/c1-3-5-10-22-25-21(16-27)23(31(30)4-2)26(22)15-17-11-13-18(14-12-17)19-8-6-7-9-20(19)24(28)29/h6-9,11-14,27H,3-5,10,15-16H2,1-2H3,(H,28,29). The Morgan fingerprint density at radius 2 is 1.84 bits per heavy atom. The summed E-state index contributed by atoms with van der Waals surface area (Å²) in [6.07, 6.45) is 2.74. The highest BCUT2D eigenvalue weighted by molar-refractivity contribution is 7.91. The second-order valence-electron chi connectivity index (χ2n) is 7.31. The summed E-state index contributed by atoms with van der Waals surface area (Å²) >= 11 is -1.24. The first kappa shape index (κ1) is 23.1. The van der Waals surface area contributed by atoms with Crippen molar-refractivity contribution in [2.24, 2.45) is 0 Å². The van der Waals surface area contributed by atoms with Crippen LogP contribution in [0.5, 0.6) is 0 Å². The van der Waals surface area contributed by atoms with Gasteiger partial charge in [0, 0.05) is 17.6 Å². The van der Waals surface area contributed by atoms with E-state index in [2.05, 4.69) is 11.9 Å². The highest BCUT2D eigenvalue weighted by Gasteiger charge is 2.25. The highest BCUT2D eigenvalue weighted by atomic mass is 32.2. The molecule has 0 spiro atoms. The molecular formula is C24H28N2O4S. The fourth-order valence-electron chi connectivity index (χ4n) is 3.61. The van der Waals surface area contributed by atoms with Gasteiger partial charge in [0.1, 0.15) is 17.3 Å². The number of unbranched alkanes of at least 4 members (excludes halogenated alkanes) is 1. The third-order valence-electron chi connectivity index (χ3n) is 5.21. The molecule has 0 aliphatic carbocycles.